The Bertz CT molecular complexity index is 379. The normalized spacial score (nSPS) is 12.5. The summed E-state index contributed by atoms with van der Waals surface area (Å²) in [4.78, 5) is 2.23. The van der Waals surface area contributed by atoms with Gasteiger partial charge in [-0.25, -0.2) is 0 Å². The van der Waals surface area contributed by atoms with Gasteiger partial charge in [0.15, 0.2) is 0 Å². The van der Waals surface area contributed by atoms with Crippen molar-refractivity contribution in [3.63, 3.8) is 0 Å². The van der Waals surface area contributed by atoms with Crippen molar-refractivity contribution in [2.75, 3.05) is 31.7 Å². The lowest BCUT2D eigenvalue weighted by Crippen LogP contribution is -2.23. The van der Waals surface area contributed by atoms with E-state index in [4.69, 9.17) is 10.5 Å². The van der Waals surface area contributed by atoms with Crippen LogP contribution in [0.4, 0.5) is 5.69 Å². The van der Waals surface area contributed by atoms with Gasteiger partial charge in [-0.15, -0.1) is 0 Å². The fraction of sp³-hybridized carbons (Fsp3) is 0.625. The first kappa shape index (κ1) is 16.0. The lowest BCUT2D eigenvalue weighted by molar-refractivity contribution is 0.154. The van der Waals surface area contributed by atoms with Crippen molar-refractivity contribution in [3.8, 4) is 0 Å². The standard InChI is InChI=1S/C16H28N2O/c1-5-15(17)12-14-7-8-16(11-13(14)3)18(4)9-10-19-6-2/h7-8,11,15H,5-6,9-10,12,17H2,1-4H3. The monoisotopic (exact) mass is 264 g/mol. The molecule has 108 valence electrons. The Balaban J connectivity index is 2.65. The second-order valence-electron chi connectivity index (χ2n) is 5.10. The third kappa shape index (κ3) is 5.21. The first-order valence-electron chi connectivity index (χ1n) is 7.22. The second-order valence-corrected chi connectivity index (χ2v) is 5.10. The molecular weight excluding hydrogens is 236 g/mol. The van der Waals surface area contributed by atoms with Gasteiger partial charge in [-0.05, 0) is 49.9 Å². The lowest BCUT2D eigenvalue weighted by atomic mass is 9.99. The van der Waals surface area contributed by atoms with E-state index in [1.54, 1.807) is 0 Å². The zero-order valence-corrected chi connectivity index (χ0v) is 12.8. The third-order valence-electron chi connectivity index (χ3n) is 3.55. The number of benzene rings is 1. The van der Waals surface area contributed by atoms with Crippen LogP contribution in [0.2, 0.25) is 0 Å². The predicted molar refractivity (Wildman–Crippen MR) is 82.9 cm³/mol. The molecule has 0 amide bonds. The van der Waals surface area contributed by atoms with Crippen molar-refractivity contribution >= 4 is 5.69 Å². The Labute approximate surface area is 117 Å². The number of rotatable bonds is 8. The average Bonchev–Trinajstić information content (AvgIpc) is 2.41. The van der Waals surface area contributed by atoms with Crippen molar-refractivity contribution in [2.24, 2.45) is 5.73 Å². The summed E-state index contributed by atoms with van der Waals surface area (Å²) in [5, 5.41) is 0. The van der Waals surface area contributed by atoms with Crippen LogP contribution in [-0.4, -0.2) is 32.8 Å². The number of aryl methyl sites for hydroxylation is 1. The van der Waals surface area contributed by atoms with E-state index in [1.807, 2.05) is 6.92 Å². The Hall–Kier alpha value is -1.06. The number of anilines is 1. The van der Waals surface area contributed by atoms with E-state index in [2.05, 4.69) is 44.0 Å². The highest BCUT2D eigenvalue weighted by Crippen LogP contribution is 2.19. The predicted octanol–water partition coefficient (Wildman–Crippen LogP) is 2.75. The smallest absolute Gasteiger partial charge is 0.0641 e. The second kappa shape index (κ2) is 8.18. The lowest BCUT2D eigenvalue weighted by Gasteiger charge is -2.21. The van der Waals surface area contributed by atoms with Crippen LogP contribution in [0.3, 0.4) is 0 Å². The summed E-state index contributed by atoms with van der Waals surface area (Å²) in [5.41, 5.74) is 9.95. The van der Waals surface area contributed by atoms with Crippen LogP contribution >= 0.6 is 0 Å². The molecule has 3 nitrogen and oxygen atoms in total. The molecule has 0 aromatic heterocycles. The highest BCUT2D eigenvalue weighted by Gasteiger charge is 2.07. The van der Waals surface area contributed by atoms with Gasteiger partial charge >= 0.3 is 0 Å². The Morgan fingerprint density at radius 1 is 1.32 bits per heavy atom. The van der Waals surface area contributed by atoms with Gasteiger partial charge < -0.3 is 15.4 Å². The van der Waals surface area contributed by atoms with Crippen LogP contribution in [0.25, 0.3) is 0 Å². The van der Waals surface area contributed by atoms with Crippen molar-refractivity contribution < 1.29 is 4.74 Å². The maximum Gasteiger partial charge on any atom is 0.0641 e. The Morgan fingerprint density at radius 2 is 2.05 bits per heavy atom. The molecule has 0 spiro atoms. The molecule has 0 saturated heterocycles. The largest absolute Gasteiger partial charge is 0.380 e. The topological polar surface area (TPSA) is 38.5 Å². The SMILES string of the molecule is CCOCCN(C)c1ccc(CC(N)CC)c(C)c1. The molecule has 0 radical (unpaired) electrons. The van der Waals surface area contributed by atoms with Gasteiger partial charge in [0.05, 0.1) is 6.61 Å². The number of nitrogens with two attached hydrogens (primary N) is 1. The van der Waals surface area contributed by atoms with Crippen molar-refractivity contribution in [2.45, 2.75) is 39.7 Å². The minimum absolute atomic E-state index is 0.264. The van der Waals surface area contributed by atoms with Gasteiger partial charge in [-0.1, -0.05) is 13.0 Å². The Morgan fingerprint density at radius 3 is 2.63 bits per heavy atom. The van der Waals surface area contributed by atoms with Gasteiger partial charge in [0.1, 0.15) is 0 Å². The van der Waals surface area contributed by atoms with Gasteiger partial charge in [0, 0.05) is 31.9 Å². The van der Waals surface area contributed by atoms with E-state index in [0.29, 0.717) is 0 Å². The molecule has 0 aliphatic heterocycles. The molecule has 0 bridgehead atoms. The van der Waals surface area contributed by atoms with Gasteiger partial charge in [-0.2, -0.15) is 0 Å². The van der Waals surface area contributed by atoms with Crippen molar-refractivity contribution in [3.05, 3.63) is 29.3 Å². The number of ether oxygens (including phenoxy) is 1. The maximum absolute atomic E-state index is 6.03. The van der Waals surface area contributed by atoms with Crippen LogP contribution in [0.5, 0.6) is 0 Å². The number of hydrogen-bond acceptors (Lipinski definition) is 3. The first-order chi connectivity index (χ1) is 9.08. The zero-order chi connectivity index (χ0) is 14.3. The fourth-order valence-corrected chi connectivity index (χ4v) is 2.05. The van der Waals surface area contributed by atoms with Crippen LogP contribution in [-0.2, 0) is 11.2 Å². The summed E-state index contributed by atoms with van der Waals surface area (Å²) in [6.45, 7) is 8.79. The van der Waals surface area contributed by atoms with E-state index < -0.39 is 0 Å². The van der Waals surface area contributed by atoms with Crippen LogP contribution in [0.15, 0.2) is 18.2 Å². The number of nitrogens with zero attached hydrogens (tertiary/aromatic N) is 1. The summed E-state index contributed by atoms with van der Waals surface area (Å²) in [7, 11) is 2.10. The van der Waals surface area contributed by atoms with Gasteiger partial charge in [-0.3, -0.25) is 0 Å². The van der Waals surface area contributed by atoms with Crippen LogP contribution in [0.1, 0.15) is 31.4 Å². The molecular formula is C16H28N2O. The minimum Gasteiger partial charge on any atom is -0.380 e. The molecule has 1 aromatic carbocycles. The first-order valence-corrected chi connectivity index (χ1v) is 7.22. The summed E-state index contributed by atoms with van der Waals surface area (Å²) in [5.74, 6) is 0. The van der Waals surface area contributed by atoms with Gasteiger partial charge in [0.25, 0.3) is 0 Å². The highest BCUT2D eigenvalue weighted by molar-refractivity contribution is 5.50. The maximum atomic E-state index is 6.03. The molecule has 1 unspecified atom stereocenters. The van der Waals surface area contributed by atoms with Crippen molar-refractivity contribution in [1.29, 1.82) is 0 Å². The molecule has 2 N–H and O–H groups in total. The third-order valence-corrected chi connectivity index (χ3v) is 3.55. The molecule has 0 aliphatic carbocycles. The zero-order valence-electron chi connectivity index (χ0n) is 12.8. The molecule has 1 aromatic rings. The van der Waals surface area contributed by atoms with E-state index in [0.717, 1.165) is 32.6 Å². The molecule has 19 heavy (non-hydrogen) atoms. The minimum atomic E-state index is 0.264. The van der Waals surface area contributed by atoms with E-state index in [9.17, 15) is 0 Å². The molecule has 1 atom stereocenters. The average molecular weight is 264 g/mol. The highest BCUT2D eigenvalue weighted by atomic mass is 16.5. The molecule has 0 aliphatic rings. The molecule has 1 rings (SSSR count). The quantitative estimate of drug-likeness (QED) is 0.734. The Kier molecular flexibility index (Phi) is 6.89. The molecule has 0 heterocycles. The number of likely N-dealkylation sites (N-methyl/N-ethyl adjacent to an activating group) is 1. The molecule has 3 heteroatoms. The van der Waals surface area contributed by atoms with E-state index in [1.165, 1.54) is 16.8 Å². The summed E-state index contributed by atoms with van der Waals surface area (Å²) in [6, 6.07) is 6.89. The molecule has 0 fully saturated rings. The summed E-state index contributed by atoms with van der Waals surface area (Å²) in [6.07, 6.45) is 1.99. The van der Waals surface area contributed by atoms with Gasteiger partial charge in [0.2, 0.25) is 0 Å². The summed E-state index contributed by atoms with van der Waals surface area (Å²) >= 11 is 0. The molecule has 0 saturated carbocycles. The number of hydrogen-bond donors (Lipinski definition) is 1. The van der Waals surface area contributed by atoms with Crippen molar-refractivity contribution in [1.82, 2.24) is 0 Å². The van der Waals surface area contributed by atoms with Crippen LogP contribution < -0.4 is 10.6 Å². The van der Waals surface area contributed by atoms with Crippen LogP contribution in [0, 0.1) is 6.92 Å². The fourth-order valence-electron chi connectivity index (χ4n) is 2.05. The van der Waals surface area contributed by atoms with E-state index in [-0.39, 0.29) is 6.04 Å². The summed E-state index contributed by atoms with van der Waals surface area (Å²) < 4.78 is 5.39. The van der Waals surface area contributed by atoms with E-state index >= 15 is 0 Å².